The monoisotopic (exact) mass is 198 g/mol. The third-order valence-electron chi connectivity index (χ3n) is 1.79. The van der Waals surface area contributed by atoms with Crippen molar-refractivity contribution in [1.82, 2.24) is 14.9 Å². The largest absolute Gasteiger partial charge is 0.382 e. The lowest BCUT2D eigenvalue weighted by molar-refractivity contribution is 0.0647. The zero-order valence-corrected chi connectivity index (χ0v) is 8.44. The van der Waals surface area contributed by atoms with Gasteiger partial charge in [-0.05, 0) is 6.92 Å². The lowest BCUT2D eigenvalue weighted by Crippen LogP contribution is -2.35. The molecular formula is C8H14N4O2. The number of hydrogen-bond donors (Lipinski definition) is 2. The Morgan fingerprint density at radius 1 is 1.79 bits per heavy atom. The summed E-state index contributed by atoms with van der Waals surface area (Å²) in [6.07, 6.45) is 1.23. The van der Waals surface area contributed by atoms with E-state index in [2.05, 4.69) is 10.3 Å². The second kappa shape index (κ2) is 4.10. The van der Waals surface area contributed by atoms with Gasteiger partial charge < -0.3 is 20.4 Å². The van der Waals surface area contributed by atoms with Crippen molar-refractivity contribution in [2.45, 2.75) is 13.2 Å². The Labute approximate surface area is 82.1 Å². The van der Waals surface area contributed by atoms with E-state index in [4.69, 9.17) is 10.5 Å². The number of aryl methyl sites for hydroxylation is 1. The molecule has 1 aromatic heterocycles. The van der Waals surface area contributed by atoms with Crippen molar-refractivity contribution in [2.24, 2.45) is 7.05 Å². The van der Waals surface area contributed by atoms with Gasteiger partial charge in [-0.15, -0.1) is 0 Å². The van der Waals surface area contributed by atoms with Gasteiger partial charge in [0.1, 0.15) is 12.0 Å². The van der Waals surface area contributed by atoms with Gasteiger partial charge in [0.15, 0.2) is 0 Å². The van der Waals surface area contributed by atoms with Crippen molar-refractivity contribution in [2.75, 3.05) is 12.8 Å². The van der Waals surface area contributed by atoms with E-state index in [1.165, 1.54) is 7.11 Å². The smallest absolute Gasteiger partial charge is 0.289 e. The zero-order valence-electron chi connectivity index (χ0n) is 8.44. The molecule has 78 valence electrons. The molecule has 0 aromatic carbocycles. The van der Waals surface area contributed by atoms with Crippen LogP contribution < -0.4 is 11.1 Å². The number of anilines is 1. The summed E-state index contributed by atoms with van der Waals surface area (Å²) in [4.78, 5) is 15.4. The molecule has 1 unspecified atom stereocenters. The first-order valence-electron chi connectivity index (χ1n) is 4.17. The number of hydrogen-bond acceptors (Lipinski definition) is 4. The van der Waals surface area contributed by atoms with Crippen LogP contribution in [0.5, 0.6) is 0 Å². The van der Waals surface area contributed by atoms with Gasteiger partial charge in [0.25, 0.3) is 5.91 Å². The maximum absolute atomic E-state index is 11.5. The number of carbonyl (C=O) groups is 1. The third kappa shape index (κ3) is 2.23. The Morgan fingerprint density at radius 2 is 2.43 bits per heavy atom. The molecule has 0 spiro atoms. The van der Waals surface area contributed by atoms with Crippen LogP contribution in [0.1, 0.15) is 17.5 Å². The molecular weight excluding hydrogens is 184 g/mol. The van der Waals surface area contributed by atoms with E-state index in [1.807, 2.05) is 0 Å². The lowest BCUT2D eigenvalue weighted by atomic mass is 10.5. The summed E-state index contributed by atoms with van der Waals surface area (Å²) < 4.78 is 6.45. The number of ether oxygens (including phenoxy) is 1. The number of methoxy groups -OCH3 is 1. The van der Waals surface area contributed by atoms with Crippen LogP contribution in [0.2, 0.25) is 0 Å². The Bertz CT molecular complexity index is 334. The summed E-state index contributed by atoms with van der Waals surface area (Å²) in [6.45, 7) is 1.73. The topological polar surface area (TPSA) is 82.2 Å². The highest BCUT2D eigenvalue weighted by Crippen LogP contribution is 2.02. The first-order chi connectivity index (χ1) is 6.54. The van der Waals surface area contributed by atoms with Gasteiger partial charge in [0, 0.05) is 20.4 Å². The molecule has 6 heteroatoms. The van der Waals surface area contributed by atoms with Crippen molar-refractivity contribution in [3.05, 3.63) is 12.0 Å². The summed E-state index contributed by atoms with van der Waals surface area (Å²) in [5, 5.41) is 2.60. The number of carbonyl (C=O) groups excluding carboxylic acids is 1. The molecule has 0 aliphatic rings. The normalized spacial score (nSPS) is 12.5. The molecule has 1 amide bonds. The maximum atomic E-state index is 11.5. The molecule has 0 radical (unpaired) electrons. The summed E-state index contributed by atoms with van der Waals surface area (Å²) in [7, 11) is 3.22. The highest BCUT2D eigenvalue weighted by Gasteiger charge is 2.14. The van der Waals surface area contributed by atoms with E-state index in [9.17, 15) is 4.79 Å². The van der Waals surface area contributed by atoms with Gasteiger partial charge in [-0.25, -0.2) is 4.98 Å². The first kappa shape index (κ1) is 10.5. The molecule has 1 atom stereocenters. The van der Waals surface area contributed by atoms with E-state index in [1.54, 1.807) is 24.7 Å². The molecule has 0 saturated carbocycles. The number of nitrogen functional groups attached to an aromatic ring is 1. The molecule has 14 heavy (non-hydrogen) atoms. The highest BCUT2D eigenvalue weighted by molar-refractivity contribution is 5.91. The minimum atomic E-state index is -0.347. The molecule has 6 nitrogen and oxygen atoms in total. The van der Waals surface area contributed by atoms with Gasteiger partial charge >= 0.3 is 0 Å². The maximum Gasteiger partial charge on any atom is 0.289 e. The standard InChI is InChI=1S/C8H14N4O2/c1-5(14-3)10-8(13)7-11-6(9)4-12(7)2/h4-5H,9H2,1-3H3,(H,10,13). The van der Waals surface area contributed by atoms with Crippen LogP contribution >= 0.6 is 0 Å². The number of aromatic nitrogens is 2. The van der Waals surface area contributed by atoms with E-state index < -0.39 is 0 Å². The Hall–Kier alpha value is -1.56. The fourth-order valence-corrected chi connectivity index (χ4v) is 1.01. The molecule has 0 fully saturated rings. The van der Waals surface area contributed by atoms with Crippen molar-refractivity contribution < 1.29 is 9.53 Å². The summed E-state index contributed by atoms with van der Waals surface area (Å²) in [6, 6.07) is 0. The van der Waals surface area contributed by atoms with E-state index in [0.717, 1.165) is 0 Å². The van der Waals surface area contributed by atoms with Crippen molar-refractivity contribution in [3.8, 4) is 0 Å². The van der Waals surface area contributed by atoms with E-state index >= 15 is 0 Å². The van der Waals surface area contributed by atoms with Crippen molar-refractivity contribution >= 4 is 11.7 Å². The average Bonchev–Trinajstić information content (AvgIpc) is 2.45. The van der Waals surface area contributed by atoms with Crippen LogP contribution in [0.25, 0.3) is 0 Å². The fourth-order valence-electron chi connectivity index (χ4n) is 1.01. The molecule has 1 rings (SSSR count). The van der Waals surface area contributed by atoms with Gasteiger partial charge in [0.05, 0.1) is 0 Å². The summed E-state index contributed by atoms with van der Waals surface area (Å²) >= 11 is 0. The molecule has 1 aromatic rings. The first-order valence-corrected chi connectivity index (χ1v) is 4.17. The third-order valence-corrected chi connectivity index (χ3v) is 1.79. The molecule has 3 N–H and O–H groups in total. The Balaban J connectivity index is 2.74. The number of imidazole rings is 1. The predicted octanol–water partition coefficient (Wildman–Crippen LogP) is -0.276. The van der Waals surface area contributed by atoms with Crippen LogP contribution in [-0.4, -0.2) is 28.8 Å². The quantitative estimate of drug-likeness (QED) is 0.655. The van der Waals surface area contributed by atoms with Crippen molar-refractivity contribution in [1.29, 1.82) is 0 Å². The van der Waals surface area contributed by atoms with Crippen LogP contribution in [0.15, 0.2) is 6.20 Å². The summed E-state index contributed by atoms with van der Waals surface area (Å²) in [5.74, 6) is 0.285. The second-order valence-electron chi connectivity index (χ2n) is 2.95. The zero-order chi connectivity index (χ0) is 10.7. The molecule has 1 heterocycles. The van der Waals surface area contributed by atoms with Gasteiger partial charge in [0.2, 0.25) is 5.82 Å². The average molecular weight is 198 g/mol. The van der Waals surface area contributed by atoms with Crippen LogP contribution in [0.4, 0.5) is 5.82 Å². The number of nitrogens with zero attached hydrogens (tertiary/aromatic N) is 2. The fraction of sp³-hybridized carbons (Fsp3) is 0.500. The van der Waals surface area contributed by atoms with Crippen LogP contribution in [-0.2, 0) is 11.8 Å². The van der Waals surface area contributed by atoms with Gasteiger partial charge in [-0.1, -0.05) is 0 Å². The SMILES string of the molecule is COC(C)NC(=O)c1nc(N)cn1C. The molecule has 0 saturated heterocycles. The van der Waals surface area contributed by atoms with E-state index in [-0.39, 0.29) is 18.0 Å². The predicted molar refractivity (Wildman–Crippen MR) is 51.6 cm³/mol. The summed E-state index contributed by atoms with van der Waals surface area (Å²) in [5.41, 5.74) is 5.44. The Morgan fingerprint density at radius 3 is 2.86 bits per heavy atom. The van der Waals surface area contributed by atoms with Gasteiger partial charge in [-0.3, -0.25) is 4.79 Å². The van der Waals surface area contributed by atoms with Crippen molar-refractivity contribution in [3.63, 3.8) is 0 Å². The highest BCUT2D eigenvalue weighted by atomic mass is 16.5. The van der Waals surface area contributed by atoms with Crippen LogP contribution in [0.3, 0.4) is 0 Å². The van der Waals surface area contributed by atoms with Crippen LogP contribution in [0, 0.1) is 0 Å². The number of amides is 1. The molecule has 0 aliphatic heterocycles. The lowest BCUT2D eigenvalue weighted by Gasteiger charge is -2.10. The minimum absolute atomic E-state index is 0.270. The Kier molecular flexibility index (Phi) is 3.08. The molecule has 0 bridgehead atoms. The number of nitrogens with one attached hydrogen (secondary N) is 1. The number of nitrogens with two attached hydrogens (primary N) is 1. The number of rotatable bonds is 3. The van der Waals surface area contributed by atoms with E-state index in [0.29, 0.717) is 5.82 Å². The van der Waals surface area contributed by atoms with Gasteiger partial charge in [-0.2, -0.15) is 0 Å². The second-order valence-corrected chi connectivity index (χ2v) is 2.95. The molecule has 0 aliphatic carbocycles. The minimum Gasteiger partial charge on any atom is -0.382 e.